The lowest BCUT2D eigenvalue weighted by Crippen LogP contribution is -2.16. The minimum atomic E-state index is -0.589. The molecule has 0 aliphatic heterocycles. The van der Waals surface area contributed by atoms with Gasteiger partial charge in [-0.15, -0.1) is 11.8 Å². The van der Waals surface area contributed by atoms with E-state index in [-0.39, 0.29) is 27.8 Å². The van der Waals surface area contributed by atoms with Gasteiger partial charge in [0.15, 0.2) is 0 Å². The molecule has 0 atom stereocenters. The van der Waals surface area contributed by atoms with E-state index in [1.165, 1.54) is 31.5 Å². The van der Waals surface area contributed by atoms with E-state index in [0.29, 0.717) is 21.3 Å². The van der Waals surface area contributed by atoms with Gasteiger partial charge < -0.3 is 0 Å². The normalized spacial score (nSPS) is 14.1. The first-order chi connectivity index (χ1) is 16.5. The van der Waals surface area contributed by atoms with Gasteiger partial charge in [0, 0.05) is 22.4 Å². The second-order valence-corrected chi connectivity index (χ2v) is 9.19. The zero-order valence-corrected chi connectivity index (χ0v) is 19.0. The van der Waals surface area contributed by atoms with Crippen molar-refractivity contribution in [2.75, 3.05) is 5.43 Å². The van der Waals surface area contributed by atoms with Gasteiger partial charge in [-0.3, -0.25) is 19.9 Å². The molecule has 2 N–H and O–H groups in total. The van der Waals surface area contributed by atoms with Crippen molar-refractivity contribution in [3.8, 4) is 17.3 Å². The van der Waals surface area contributed by atoms with E-state index >= 15 is 0 Å². The zero-order chi connectivity index (χ0) is 23.9. The van der Waals surface area contributed by atoms with Crippen LogP contribution in [0.3, 0.4) is 0 Å². The Balaban J connectivity index is 1.53. The third-order valence-electron chi connectivity index (χ3n) is 5.49. The highest BCUT2D eigenvalue weighted by atomic mass is 32.2. The van der Waals surface area contributed by atoms with E-state index in [1.807, 2.05) is 12.1 Å². The van der Waals surface area contributed by atoms with Gasteiger partial charge in [-0.1, -0.05) is 55.7 Å². The molecule has 0 radical (unpaired) electrons. The number of aromatic nitrogens is 2. The van der Waals surface area contributed by atoms with Crippen LogP contribution in [0.4, 0.5) is 11.6 Å². The number of nitrogens with zero attached hydrogens (tertiary/aromatic N) is 4. The maximum atomic E-state index is 12.3. The summed E-state index contributed by atoms with van der Waals surface area (Å²) in [5.74, 6) is 0.0538. The number of aromatic amines is 1. The summed E-state index contributed by atoms with van der Waals surface area (Å²) in [5.41, 5.74) is 3.41. The maximum Gasteiger partial charge on any atom is 0.283 e. The molecule has 2 aromatic carbocycles. The number of hydrogen-bond donors (Lipinski definition) is 2. The van der Waals surface area contributed by atoms with Crippen molar-refractivity contribution < 1.29 is 4.92 Å². The molecule has 9 nitrogen and oxygen atoms in total. The first-order valence-corrected chi connectivity index (χ1v) is 11.8. The van der Waals surface area contributed by atoms with Crippen molar-refractivity contribution in [2.45, 2.75) is 42.2 Å². The second kappa shape index (κ2) is 10.8. The van der Waals surface area contributed by atoms with Gasteiger partial charge in [0.25, 0.3) is 11.2 Å². The SMILES string of the molecule is N#Cc1c(-c2ccccc2)nc(NN=Cc2ccc(SC3CCCCC3)c([N+](=O)[O-])c2)[nH]c1=O. The number of nitriles is 1. The molecule has 1 saturated carbocycles. The highest BCUT2D eigenvalue weighted by Gasteiger charge is 2.21. The van der Waals surface area contributed by atoms with Crippen molar-refractivity contribution in [1.29, 1.82) is 5.26 Å². The summed E-state index contributed by atoms with van der Waals surface area (Å²) >= 11 is 1.58. The predicted molar refractivity (Wildman–Crippen MR) is 132 cm³/mol. The summed E-state index contributed by atoms with van der Waals surface area (Å²) in [6.45, 7) is 0. The molecule has 1 aromatic heterocycles. The van der Waals surface area contributed by atoms with Gasteiger partial charge in [-0.05, 0) is 18.9 Å². The Morgan fingerprint density at radius 3 is 2.68 bits per heavy atom. The zero-order valence-electron chi connectivity index (χ0n) is 18.2. The average Bonchev–Trinajstić information content (AvgIpc) is 2.85. The largest absolute Gasteiger partial charge is 0.290 e. The van der Waals surface area contributed by atoms with Crippen molar-refractivity contribution in [2.24, 2.45) is 5.10 Å². The molecule has 1 aliphatic rings. The molecule has 3 aromatic rings. The highest BCUT2D eigenvalue weighted by molar-refractivity contribution is 8.00. The van der Waals surface area contributed by atoms with Gasteiger partial charge in [0.2, 0.25) is 5.95 Å². The fourth-order valence-corrected chi connectivity index (χ4v) is 5.15. The van der Waals surface area contributed by atoms with Crippen LogP contribution in [0.5, 0.6) is 0 Å². The summed E-state index contributed by atoms with van der Waals surface area (Å²) in [6, 6.07) is 15.8. The van der Waals surface area contributed by atoms with E-state index in [2.05, 4.69) is 20.5 Å². The fourth-order valence-electron chi connectivity index (χ4n) is 3.82. The van der Waals surface area contributed by atoms with E-state index < -0.39 is 5.56 Å². The van der Waals surface area contributed by atoms with Crippen LogP contribution in [0.15, 0.2) is 63.3 Å². The van der Waals surface area contributed by atoms with Crippen LogP contribution in [-0.2, 0) is 0 Å². The van der Waals surface area contributed by atoms with E-state index in [1.54, 1.807) is 48.2 Å². The highest BCUT2D eigenvalue weighted by Crippen LogP contribution is 2.38. The van der Waals surface area contributed by atoms with Crippen LogP contribution in [0, 0.1) is 21.4 Å². The number of benzene rings is 2. The van der Waals surface area contributed by atoms with Crippen LogP contribution in [0.1, 0.15) is 43.2 Å². The summed E-state index contributed by atoms with van der Waals surface area (Å²) in [7, 11) is 0. The molecule has 34 heavy (non-hydrogen) atoms. The number of hydrogen-bond acceptors (Lipinski definition) is 8. The van der Waals surface area contributed by atoms with Crippen LogP contribution in [0.25, 0.3) is 11.3 Å². The first-order valence-electron chi connectivity index (χ1n) is 10.9. The van der Waals surface area contributed by atoms with E-state index in [4.69, 9.17) is 0 Å². The molecule has 1 heterocycles. The Kier molecular flexibility index (Phi) is 7.34. The number of thioether (sulfide) groups is 1. The van der Waals surface area contributed by atoms with Gasteiger partial charge in [-0.2, -0.15) is 10.4 Å². The third-order valence-corrected chi connectivity index (χ3v) is 6.89. The lowest BCUT2D eigenvalue weighted by atomic mass is 10.0. The maximum absolute atomic E-state index is 12.3. The Morgan fingerprint density at radius 1 is 1.21 bits per heavy atom. The van der Waals surface area contributed by atoms with Crippen molar-refractivity contribution in [3.63, 3.8) is 0 Å². The Labute approximate surface area is 200 Å². The fraction of sp³-hybridized carbons (Fsp3) is 0.250. The molecular weight excluding hydrogens is 452 g/mol. The number of nitro groups is 1. The molecule has 1 aliphatic carbocycles. The van der Waals surface area contributed by atoms with Gasteiger partial charge >= 0.3 is 0 Å². The molecule has 1 fully saturated rings. The molecule has 0 saturated heterocycles. The Bertz CT molecular complexity index is 1310. The number of nitrogens with one attached hydrogen (secondary N) is 2. The number of anilines is 1. The molecular formula is C24H22N6O3S. The molecule has 0 amide bonds. The third kappa shape index (κ3) is 5.50. The van der Waals surface area contributed by atoms with Crippen molar-refractivity contribution in [3.05, 3.63) is 80.1 Å². The standard InChI is InChI=1S/C24H22N6O3S/c25-14-19-22(17-7-3-1-4-8-17)27-24(28-23(19)31)29-26-15-16-11-12-21(20(13-16)30(32)33)34-18-9-5-2-6-10-18/h1,3-4,7-8,11-13,15,18H,2,5-6,9-10H2,(H2,27,28,29,31). The molecule has 4 rings (SSSR count). The van der Waals surface area contributed by atoms with Gasteiger partial charge in [0.05, 0.1) is 21.7 Å². The van der Waals surface area contributed by atoms with Crippen LogP contribution < -0.4 is 11.0 Å². The second-order valence-electron chi connectivity index (χ2n) is 7.85. The van der Waals surface area contributed by atoms with Gasteiger partial charge in [-0.25, -0.2) is 10.4 Å². The van der Waals surface area contributed by atoms with Crippen LogP contribution >= 0.6 is 11.8 Å². The smallest absolute Gasteiger partial charge is 0.283 e. The molecule has 0 unspecified atom stereocenters. The lowest BCUT2D eigenvalue weighted by molar-refractivity contribution is -0.387. The number of hydrazone groups is 1. The van der Waals surface area contributed by atoms with Crippen LogP contribution in [-0.4, -0.2) is 26.4 Å². The number of H-pyrrole nitrogens is 1. The summed E-state index contributed by atoms with van der Waals surface area (Å²) in [6.07, 6.45) is 7.14. The molecule has 172 valence electrons. The number of nitro benzene ring substituents is 1. The molecule has 0 bridgehead atoms. The predicted octanol–water partition coefficient (Wildman–Crippen LogP) is 5.09. The Morgan fingerprint density at radius 2 is 1.97 bits per heavy atom. The van der Waals surface area contributed by atoms with Gasteiger partial charge in [0.1, 0.15) is 11.6 Å². The van der Waals surface area contributed by atoms with E-state index in [9.17, 15) is 20.2 Å². The quantitative estimate of drug-likeness (QED) is 0.276. The minimum Gasteiger partial charge on any atom is -0.290 e. The minimum absolute atomic E-state index is 0.0517. The lowest BCUT2D eigenvalue weighted by Gasteiger charge is -2.20. The summed E-state index contributed by atoms with van der Waals surface area (Å²) < 4.78 is 0. The topological polar surface area (TPSA) is 137 Å². The van der Waals surface area contributed by atoms with Crippen LogP contribution in [0.2, 0.25) is 0 Å². The average molecular weight is 475 g/mol. The van der Waals surface area contributed by atoms with E-state index in [0.717, 1.165) is 12.8 Å². The van der Waals surface area contributed by atoms with Crippen molar-refractivity contribution in [1.82, 2.24) is 9.97 Å². The molecule has 0 spiro atoms. The van der Waals surface area contributed by atoms with Crippen molar-refractivity contribution >= 4 is 29.6 Å². The first kappa shape index (κ1) is 23.2. The Hall–Kier alpha value is -3.97. The summed E-state index contributed by atoms with van der Waals surface area (Å²) in [5, 5.41) is 25.5. The molecule has 10 heteroatoms. The number of rotatable bonds is 7. The monoisotopic (exact) mass is 474 g/mol. The summed E-state index contributed by atoms with van der Waals surface area (Å²) in [4.78, 5) is 31.1.